The van der Waals surface area contributed by atoms with Crippen molar-refractivity contribution in [3.8, 4) is 0 Å². The van der Waals surface area contributed by atoms with Crippen LogP contribution in [0.25, 0.3) is 0 Å². The molecule has 17 heavy (non-hydrogen) atoms. The number of likely N-dealkylation sites (N-methyl/N-ethyl adjacent to an activating group) is 1. The molecule has 0 radical (unpaired) electrons. The van der Waals surface area contributed by atoms with E-state index in [9.17, 15) is 10.1 Å². The number of imidazole rings is 1. The van der Waals surface area contributed by atoms with Gasteiger partial charge in [-0.05, 0) is 22.4 Å². The Morgan fingerprint density at radius 3 is 2.71 bits per heavy atom. The van der Waals surface area contributed by atoms with Crippen molar-refractivity contribution >= 4 is 5.82 Å². The molecule has 0 saturated carbocycles. The van der Waals surface area contributed by atoms with Gasteiger partial charge < -0.3 is 20.0 Å². The van der Waals surface area contributed by atoms with E-state index in [0.717, 1.165) is 6.54 Å². The molecule has 1 heterocycles. The molecule has 0 aliphatic heterocycles. The molecular formula is C11H20N4O2. The van der Waals surface area contributed by atoms with Crippen LogP contribution < -0.4 is 5.32 Å². The van der Waals surface area contributed by atoms with Gasteiger partial charge in [0.1, 0.15) is 5.69 Å². The fourth-order valence-electron chi connectivity index (χ4n) is 1.85. The van der Waals surface area contributed by atoms with E-state index in [1.165, 1.54) is 6.33 Å². The second-order valence-corrected chi connectivity index (χ2v) is 4.50. The Balaban J connectivity index is 2.92. The van der Waals surface area contributed by atoms with Gasteiger partial charge in [-0.3, -0.25) is 0 Å². The van der Waals surface area contributed by atoms with E-state index in [0.29, 0.717) is 18.0 Å². The Hall–Kier alpha value is -1.43. The van der Waals surface area contributed by atoms with Crippen molar-refractivity contribution in [3.63, 3.8) is 0 Å². The van der Waals surface area contributed by atoms with E-state index < -0.39 is 4.92 Å². The molecule has 6 nitrogen and oxygen atoms in total. The number of hydrogen-bond acceptors (Lipinski definition) is 4. The van der Waals surface area contributed by atoms with Crippen molar-refractivity contribution in [1.82, 2.24) is 14.9 Å². The molecule has 1 aromatic rings. The molecule has 0 saturated heterocycles. The number of aryl methyl sites for hydroxylation is 1. The normalized spacial score (nSPS) is 13.0. The molecule has 6 heteroatoms. The van der Waals surface area contributed by atoms with Gasteiger partial charge in [0.15, 0.2) is 0 Å². The molecule has 0 fully saturated rings. The van der Waals surface area contributed by atoms with E-state index in [4.69, 9.17) is 0 Å². The van der Waals surface area contributed by atoms with Crippen LogP contribution in [0.1, 0.15) is 26.5 Å². The van der Waals surface area contributed by atoms with Crippen molar-refractivity contribution in [2.24, 2.45) is 13.0 Å². The summed E-state index contributed by atoms with van der Waals surface area (Å²) in [5.41, 5.74) is 0.676. The SMILES string of the molecule is CCNC(Cc1c([N+](=O)[O-])ncn1C)C(C)C. The number of rotatable bonds is 6. The molecule has 1 N–H and O–H groups in total. The molecule has 1 rings (SSSR count). The predicted molar refractivity (Wildman–Crippen MR) is 65.9 cm³/mol. The molecule has 0 aliphatic rings. The number of nitrogens with one attached hydrogen (secondary N) is 1. The molecule has 0 aliphatic carbocycles. The minimum Gasteiger partial charge on any atom is -0.358 e. The highest BCUT2D eigenvalue weighted by atomic mass is 16.6. The molecule has 1 atom stereocenters. The molecule has 1 unspecified atom stereocenters. The maximum absolute atomic E-state index is 10.9. The zero-order valence-corrected chi connectivity index (χ0v) is 10.8. The van der Waals surface area contributed by atoms with Crippen LogP contribution in [0, 0.1) is 16.0 Å². The molecule has 96 valence electrons. The highest BCUT2D eigenvalue weighted by Crippen LogP contribution is 2.19. The number of aromatic nitrogens is 2. The Labute approximate surface area is 101 Å². The lowest BCUT2D eigenvalue weighted by Crippen LogP contribution is -2.36. The van der Waals surface area contributed by atoms with Gasteiger partial charge in [0.2, 0.25) is 6.33 Å². The minimum absolute atomic E-state index is 0.0314. The van der Waals surface area contributed by atoms with E-state index in [-0.39, 0.29) is 11.9 Å². The predicted octanol–water partition coefficient (Wildman–Crippen LogP) is 1.50. The minimum atomic E-state index is -0.418. The van der Waals surface area contributed by atoms with Gasteiger partial charge >= 0.3 is 5.82 Å². The first-order valence-corrected chi connectivity index (χ1v) is 5.85. The van der Waals surface area contributed by atoms with Gasteiger partial charge in [-0.1, -0.05) is 20.8 Å². The Kier molecular flexibility index (Phi) is 4.62. The Morgan fingerprint density at radius 2 is 2.24 bits per heavy atom. The molecule has 0 amide bonds. The van der Waals surface area contributed by atoms with E-state index in [2.05, 4.69) is 24.1 Å². The Bertz CT molecular complexity index is 387. The number of hydrogen-bond donors (Lipinski definition) is 1. The van der Waals surface area contributed by atoms with Crippen LogP contribution in [0.2, 0.25) is 0 Å². The molecule has 1 aromatic heterocycles. The number of nitrogens with zero attached hydrogens (tertiary/aromatic N) is 3. The highest BCUT2D eigenvalue weighted by Gasteiger charge is 2.24. The van der Waals surface area contributed by atoms with Crippen LogP contribution in [-0.2, 0) is 13.5 Å². The fourth-order valence-corrected chi connectivity index (χ4v) is 1.85. The summed E-state index contributed by atoms with van der Waals surface area (Å²) in [5.74, 6) is 0.389. The van der Waals surface area contributed by atoms with Crippen molar-refractivity contribution in [2.45, 2.75) is 33.2 Å². The third-order valence-electron chi connectivity index (χ3n) is 2.89. The smallest absolute Gasteiger partial charge is 0.358 e. The molecule has 0 spiro atoms. The Morgan fingerprint density at radius 1 is 1.59 bits per heavy atom. The molecule has 0 aromatic carbocycles. The molecular weight excluding hydrogens is 220 g/mol. The monoisotopic (exact) mass is 240 g/mol. The maximum Gasteiger partial charge on any atom is 0.384 e. The van der Waals surface area contributed by atoms with Crippen LogP contribution in [0.15, 0.2) is 6.33 Å². The summed E-state index contributed by atoms with van der Waals surface area (Å²) in [7, 11) is 1.79. The lowest BCUT2D eigenvalue weighted by molar-refractivity contribution is -0.390. The van der Waals surface area contributed by atoms with Crippen molar-refractivity contribution in [2.75, 3.05) is 6.54 Å². The van der Waals surface area contributed by atoms with Crippen LogP contribution >= 0.6 is 0 Å². The number of nitro groups is 1. The van der Waals surface area contributed by atoms with Crippen LogP contribution in [0.3, 0.4) is 0 Å². The van der Waals surface area contributed by atoms with Crippen molar-refractivity contribution < 1.29 is 4.92 Å². The third kappa shape index (κ3) is 3.26. The van der Waals surface area contributed by atoms with E-state index in [1.54, 1.807) is 11.6 Å². The lowest BCUT2D eigenvalue weighted by Gasteiger charge is -2.21. The summed E-state index contributed by atoms with van der Waals surface area (Å²) in [6, 6.07) is 0.231. The van der Waals surface area contributed by atoms with Crippen LogP contribution in [0.5, 0.6) is 0 Å². The zero-order chi connectivity index (χ0) is 13.0. The fraction of sp³-hybridized carbons (Fsp3) is 0.727. The first kappa shape index (κ1) is 13.6. The summed E-state index contributed by atoms with van der Waals surface area (Å²) in [5, 5.41) is 14.2. The average molecular weight is 240 g/mol. The second kappa shape index (κ2) is 5.77. The highest BCUT2D eigenvalue weighted by molar-refractivity contribution is 5.27. The summed E-state index contributed by atoms with van der Waals surface area (Å²) in [6.45, 7) is 7.10. The third-order valence-corrected chi connectivity index (χ3v) is 2.89. The first-order chi connectivity index (χ1) is 7.97. The van der Waals surface area contributed by atoms with Crippen molar-refractivity contribution in [1.29, 1.82) is 0 Å². The quantitative estimate of drug-likeness (QED) is 0.604. The maximum atomic E-state index is 10.9. The summed E-state index contributed by atoms with van der Waals surface area (Å²) >= 11 is 0. The first-order valence-electron chi connectivity index (χ1n) is 5.85. The van der Waals surface area contributed by atoms with Gasteiger partial charge in [0, 0.05) is 19.5 Å². The van der Waals surface area contributed by atoms with Gasteiger partial charge in [0.05, 0.1) is 0 Å². The van der Waals surface area contributed by atoms with Gasteiger partial charge in [-0.15, -0.1) is 0 Å². The standard InChI is InChI=1S/C11H20N4O2/c1-5-12-9(8(2)3)6-10-11(15(16)17)13-7-14(10)4/h7-9,12H,5-6H2,1-4H3. The van der Waals surface area contributed by atoms with Crippen LogP contribution in [0.4, 0.5) is 5.82 Å². The van der Waals surface area contributed by atoms with Gasteiger partial charge in [0.25, 0.3) is 0 Å². The second-order valence-electron chi connectivity index (χ2n) is 4.50. The van der Waals surface area contributed by atoms with E-state index >= 15 is 0 Å². The average Bonchev–Trinajstić information content (AvgIpc) is 2.59. The zero-order valence-electron chi connectivity index (χ0n) is 10.8. The topological polar surface area (TPSA) is 73.0 Å². The van der Waals surface area contributed by atoms with Gasteiger partial charge in [-0.2, -0.15) is 0 Å². The van der Waals surface area contributed by atoms with Crippen molar-refractivity contribution in [3.05, 3.63) is 22.1 Å². The molecule has 0 bridgehead atoms. The largest absolute Gasteiger partial charge is 0.384 e. The lowest BCUT2D eigenvalue weighted by atomic mass is 9.99. The summed E-state index contributed by atoms with van der Waals surface area (Å²) < 4.78 is 1.73. The summed E-state index contributed by atoms with van der Waals surface area (Å²) in [6.07, 6.45) is 2.12. The van der Waals surface area contributed by atoms with Gasteiger partial charge in [-0.25, -0.2) is 0 Å². The van der Waals surface area contributed by atoms with E-state index in [1.807, 2.05) is 6.92 Å². The van der Waals surface area contributed by atoms with Crippen LogP contribution in [-0.4, -0.2) is 27.1 Å². The summed E-state index contributed by atoms with van der Waals surface area (Å²) in [4.78, 5) is 14.3.